The first-order valence-electron chi connectivity index (χ1n) is 9.77. The van der Waals surface area contributed by atoms with Crippen molar-refractivity contribution in [2.45, 2.75) is 38.0 Å². The lowest BCUT2D eigenvalue weighted by Crippen LogP contribution is -2.31. The van der Waals surface area contributed by atoms with E-state index in [9.17, 15) is 4.39 Å². The van der Waals surface area contributed by atoms with Crippen molar-refractivity contribution in [2.75, 3.05) is 18.1 Å². The van der Waals surface area contributed by atoms with Crippen molar-refractivity contribution < 1.29 is 9.13 Å². The molecule has 1 aromatic heterocycles. The summed E-state index contributed by atoms with van der Waals surface area (Å²) in [6.07, 6.45) is 3.21. The fraction of sp³-hybridized carbons (Fsp3) is 0.381. The molecular weight excluding hydrogens is 357 g/mol. The lowest BCUT2D eigenvalue weighted by molar-refractivity contribution is 0.0924. The van der Waals surface area contributed by atoms with Crippen LogP contribution in [0.3, 0.4) is 0 Å². The molecule has 2 aromatic carbocycles. The van der Waals surface area contributed by atoms with E-state index >= 15 is 0 Å². The van der Waals surface area contributed by atoms with Crippen LogP contribution in [0.5, 0.6) is 0 Å². The van der Waals surface area contributed by atoms with E-state index in [0.717, 1.165) is 43.8 Å². The predicted molar refractivity (Wildman–Crippen MR) is 103 cm³/mol. The molecule has 3 aromatic rings. The van der Waals surface area contributed by atoms with Gasteiger partial charge in [-0.3, -0.25) is 0 Å². The average molecular weight is 379 g/mol. The Hall–Kier alpha value is -2.80. The highest BCUT2D eigenvalue weighted by molar-refractivity contribution is 5.60. The number of fused-ring (bicyclic) bond motifs is 1. The minimum absolute atomic E-state index is 0.141. The van der Waals surface area contributed by atoms with Gasteiger partial charge in [-0.1, -0.05) is 30.3 Å². The Morgan fingerprint density at radius 1 is 1.14 bits per heavy atom. The molecule has 3 heterocycles. The molecule has 0 aliphatic carbocycles. The van der Waals surface area contributed by atoms with Crippen molar-refractivity contribution in [2.24, 2.45) is 0 Å². The van der Waals surface area contributed by atoms with Gasteiger partial charge in [-0.15, -0.1) is 5.10 Å². The maximum atomic E-state index is 13.6. The molecule has 2 atom stereocenters. The fourth-order valence-electron chi connectivity index (χ4n) is 4.26. The second-order valence-corrected chi connectivity index (χ2v) is 7.38. The molecule has 144 valence electrons. The van der Waals surface area contributed by atoms with Gasteiger partial charge in [-0.05, 0) is 59.0 Å². The number of ether oxygens (including phenoxy) is 1. The van der Waals surface area contributed by atoms with Crippen LogP contribution in [0.15, 0.2) is 48.5 Å². The molecule has 0 amide bonds. The van der Waals surface area contributed by atoms with Gasteiger partial charge < -0.3 is 9.64 Å². The Morgan fingerprint density at radius 3 is 2.82 bits per heavy atom. The number of benzene rings is 2. The average Bonchev–Trinajstić information content (AvgIpc) is 3.47. The monoisotopic (exact) mass is 379 g/mol. The van der Waals surface area contributed by atoms with Crippen LogP contribution in [0, 0.1) is 5.82 Å². The third-order valence-corrected chi connectivity index (χ3v) is 5.63. The highest BCUT2D eigenvalue weighted by Crippen LogP contribution is 2.38. The number of halogens is 1. The zero-order valence-corrected chi connectivity index (χ0v) is 15.5. The predicted octanol–water partition coefficient (Wildman–Crippen LogP) is 3.14. The second-order valence-electron chi connectivity index (χ2n) is 7.38. The van der Waals surface area contributed by atoms with Crippen molar-refractivity contribution >= 4 is 5.69 Å². The van der Waals surface area contributed by atoms with Gasteiger partial charge in [-0.2, -0.15) is 0 Å². The van der Waals surface area contributed by atoms with E-state index in [4.69, 9.17) is 4.74 Å². The molecule has 2 unspecified atom stereocenters. The maximum absolute atomic E-state index is 13.6. The topological polar surface area (TPSA) is 56.1 Å². The molecule has 0 bridgehead atoms. The zero-order chi connectivity index (χ0) is 18.9. The molecule has 0 spiro atoms. The van der Waals surface area contributed by atoms with Gasteiger partial charge in [0.1, 0.15) is 11.9 Å². The number of anilines is 1. The van der Waals surface area contributed by atoms with Gasteiger partial charge in [0.2, 0.25) is 0 Å². The Bertz CT molecular complexity index is 951. The molecule has 1 fully saturated rings. The normalized spacial score (nSPS) is 19.8. The lowest BCUT2D eigenvalue weighted by Gasteiger charge is -2.30. The van der Waals surface area contributed by atoms with Crippen LogP contribution >= 0.6 is 0 Å². The van der Waals surface area contributed by atoms with Crippen molar-refractivity contribution in [3.63, 3.8) is 0 Å². The Morgan fingerprint density at radius 2 is 2.00 bits per heavy atom. The van der Waals surface area contributed by atoms with E-state index in [1.807, 2.05) is 22.9 Å². The van der Waals surface area contributed by atoms with Crippen molar-refractivity contribution in [1.82, 2.24) is 20.2 Å². The number of rotatable bonds is 5. The van der Waals surface area contributed by atoms with E-state index < -0.39 is 0 Å². The highest BCUT2D eigenvalue weighted by Gasteiger charge is 2.33. The van der Waals surface area contributed by atoms with Crippen molar-refractivity contribution in [3.05, 3.63) is 71.3 Å². The van der Waals surface area contributed by atoms with Crippen molar-refractivity contribution in [3.8, 4) is 0 Å². The zero-order valence-electron chi connectivity index (χ0n) is 15.5. The first-order chi connectivity index (χ1) is 13.8. The molecule has 0 saturated carbocycles. The molecule has 0 radical (unpaired) electrons. The smallest absolute Gasteiger partial charge is 0.178 e. The number of nitrogens with zero attached hydrogens (tertiary/aromatic N) is 5. The lowest BCUT2D eigenvalue weighted by atomic mass is 10.0. The van der Waals surface area contributed by atoms with Gasteiger partial charge in [0.25, 0.3) is 0 Å². The van der Waals surface area contributed by atoms with Crippen LogP contribution in [-0.4, -0.2) is 39.5 Å². The molecule has 28 heavy (non-hydrogen) atoms. The van der Waals surface area contributed by atoms with Crippen molar-refractivity contribution in [1.29, 1.82) is 0 Å². The van der Waals surface area contributed by atoms with Gasteiger partial charge in [0, 0.05) is 18.8 Å². The largest absolute Gasteiger partial charge is 0.376 e. The third-order valence-electron chi connectivity index (χ3n) is 5.63. The quantitative estimate of drug-likeness (QED) is 0.682. The summed E-state index contributed by atoms with van der Waals surface area (Å²) < 4.78 is 21.2. The minimum atomic E-state index is -0.247. The molecule has 7 heteroatoms. The van der Waals surface area contributed by atoms with E-state index in [1.54, 1.807) is 0 Å². The summed E-state index contributed by atoms with van der Waals surface area (Å²) in [6, 6.07) is 14.9. The van der Waals surface area contributed by atoms with E-state index in [0.29, 0.717) is 6.54 Å². The molecular formula is C21H22FN5O. The summed E-state index contributed by atoms with van der Waals surface area (Å²) in [5.74, 6) is 0.516. The third kappa shape index (κ3) is 3.16. The Labute approximate surface area is 162 Å². The summed E-state index contributed by atoms with van der Waals surface area (Å²) in [5, 5.41) is 12.6. The SMILES string of the molecule is Fc1ccc(C(c2nnnn2CC2CCCO2)N2CCc3ccccc32)cc1. The number of aromatic nitrogens is 4. The molecule has 5 rings (SSSR count). The van der Waals surface area contributed by atoms with E-state index in [-0.39, 0.29) is 18.0 Å². The summed E-state index contributed by atoms with van der Waals surface area (Å²) >= 11 is 0. The van der Waals surface area contributed by atoms with Crippen LogP contribution in [0.2, 0.25) is 0 Å². The van der Waals surface area contributed by atoms with Crippen LogP contribution in [0.1, 0.15) is 35.8 Å². The first kappa shape index (κ1) is 17.3. The molecule has 0 N–H and O–H groups in total. The number of hydrogen-bond acceptors (Lipinski definition) is 5. The van der Waals surface area contributed by atoms with Gasteiger partial charge in [0.05, 0.1) is 12.6 Å². The van der Waals surface area contributed by atoms with Crippen LogP contribution in [-0.2, 0) is 17.7 Å². The summed E-state index contributed by atoms with van der Waals surface area (Å²) in [4.78, 5) is 2.32. The Balaban J connectivity index is 1.56. The number of para-hydroxylation sites is 1. The molecule has 1 saturated heterocycles. The van der Waals surface area contributed by atoms with Crippen LogP contribution in [0.4, 0.5) is 10.1 Å². The van der Waals surface area contributed by atoms with Gasteiger partial charge in [0.15, 0.2) is 5.82 Å². The molecule has 2 aliphatic rings. The number of tetrazole rings is 1. The van der Waals surface area contributed by atoms with Gasteiger partial charge >= 0.3 is 0 Å². The maximum Gasteiger partial charge on any atom is 0.178 e. The van der Waals surface area contributed by atoms with E-state index in [1.165, 1.54) is 23.4 Å². The van der Waals surface area contributed by atoms with Crippen LogP contribution in [0.25, 0.3) is 0 Å². The second kappa shape index (κ2) is 7.31. The first-order valence-corrected chi connectivity index (χ1v) is 9.77. The minimum Gasteiger partial charge on any atom is -0.376 e. The fourth-order valence-corrected chi connectivity index (χ4v) is 4.26. The van der Waals surface area contributed by atoms with E-state index in [2.05, 4.69) is 38.6 Å². The summed E-state index contributed by atoms with van der Waals surface area (Å²) in [7, 11) is 0. The van der Waals surface area contributed by atoms with Gasteiger partial charge in [-0.25, -0.2) is 9.07 Å². The summed E-state index contributed by atoms with van der Waals surface area (Å²) in [5.41, 5.74) is 3.47. The molecule has 6 nitrogen and oxygen atoms in total. The molecule has 2 aliphatic heterocycles. The standard InChI is InChI=1S/C21H22FN5O/c22-17-9-7-16(8-10-17)20(26-12-11-15-4-1-2-6-19(15)26)21-23-24-25-27(21)14-18-5-3-13-28-18/h1-2,4,6-10,18,20H,3,5,11-14H2. The summed E-state index contributed by atoms with van der Waals surface area (Å²) in [6.45, 7) is 2.30. The highest BCUT2D eigenvalue weighted by atomic mass is 19.1. The van der Waals surface area contributed by atoms with Crippen LogP contribution < -0.4 is 4.90 Å². The number of hydrogen-bond donors (Lipinski definition) is 0. The Kier molecular flexibility index (Phi) is 4.52.